The first-order valence-electron chi connectivity index (χ1n) is 28.2. The minimum atomic E-state index is -0.369. The first-order valence-corrected chi connectivity index (χ1v) is 28.2. The molecule has 4 heterocycles. The van der Waals surface area contributed by atoms with E-state index in [9.17, 15) is 0 Å². The second-order valence-electron chi connectivity index (χ2n) is 21.5. The molecule has 0 spiro atoms. The number of nitrogens with zero attached hydrogens (tertiary/aromatic N) is 3. The number of allylic oxidation sites excluding steroid dienone is 7. The lowest BCUT2D eigenvalue weighted by atomic mass is 9.89. The molecule has 6 unspecified atom stereocenters. The van der Waals surface area contributed by atoms with Crippen LogP contribution in [0.3, 0.4) is 0 Å². The summed E-state index contributed by atoms with van der Waals surface area (Å²) in [4.78, 5) is 5.57. The van der Waals surface area contributed by atoms with E-state index in [1.165, 1.54) is 60.4 Å². The van der Waals surface area contributed by atoms with E-state index in [-0.39, 0.29) is 36.7 Å². The van der Waals surface area contributed by atoms with Crippen LogP contribution in [0.5, 0.6) is 0 Å². The van der Waals surface area contributed by atoms with Gasteiger partial charge >= 0.3 is 0 Å². The van der Waals surface area contributed by atoms with Gasteiger partial charge in [0.15, 0.2) is 0 Å². The fourth-order valence-corrected chi connectivity index (χ4v) is 12.9. The summed E-state index contributed by atoms with van der Waals surface area (Å²) in [5.74, 6) is 1.04. The van der Waals surface area contributed by atoms with Crippen LogP contribution in [0.4, 0.5) is 0 Å². The van der Waals surface area contributed by atoms with Crippen molar-refractivity contribution in [2.45, 2.75) is 56.0 Å². The number of hydrogen-bond donors (Lipinski definition) is 5. The van der Waals surface area contributed by atoms with Crippen LogP contribution in [0.25, 0.3) is 66.1 Å². The van der Waals surface area contributed by atoms with Gasteiger partial charge in [0, 0.05) is 44.3 Å². The highest BCUT2D eigenvalue weighted by atomic mass is 15.4. The lowest BCUT2D eigenvalue weighted by molar-refractivity contribution is 0.203. The van der Waals surface area contributed by atoms with Crippen LogP contribution < -0.4 is 26.6 Å². The molecule has 11 aromatic rings. The highest BCUT2D eigenvalue weighted by Gasteiger charge is 2.35. The third kappa shape index (κ3) is 8.61. The van der Waals surface area contributed by atoms with E-state index in [1.807, 2.05) is 0 Å². The van der Waals surface area contributed by atoms with Gasteiger partial charge in [-0.2, -0.15) is 0 Å². The molecule has 388 valence electrons. The van der Waals surface area contributed by atoms with Crippen molar-refractivity contribution in [3.05, 3.63) is 300 Å². The van der Waals surface area contributed by atoms with E-state index < -0.39 is 0 Å². The van der Waals surface area contributed by atoms with Crippen molar-refractivity contribution in [3.63, 3.8) is 0 Å². The Hall–Kier alpha value is -9.15. The van der Waals surface area contributed by atoms with Gasteiger partial charge in [-0.25, -0.2) is 4.99 Å². The quantitative estimate of drug-likeness (QED) is 0.0943. The number of hydrogen-bond acceptors (Lipinski definition) is 6. The zero-order valence-electron chi connectivity index (χ0n) is 44.3. The van der Waals surface area contributed by atoms with E-state index in [0.29, 0.717) is 0 Å². The van der Waals surface area contributed by atoms with Gasteiger partial charge in [0.2, 0.25) is 0 Å². The fourth-order valence-electron chi connectivity index (χ4n) is 12.9. The molecule has 15 rings (SSSR count). The molecule has 0 saturated carbocycles. The van der Waals surface area contributed by atoms with Crippen molar-refractivity contribution in [2.75, 3.05) is 0 Å². The van der Waals surface area contributed by atoms with E-state index in [4.69, 9.17) is 4.99 Å². The van der Waals surface area contributed by atoms with E-state index >= 15 is 0 Å². The number of benzene rings is 9. The molecule has 0 bridgehead atoms. The van der Waals surface area contributed by atoms with Gasteiger partial charge in [0.25, 0.3) is 0 Å². The summed E-state index contributed by atoms with van der Waals surface area (Å²) in [5.41, 5.74) is 17.5. The summed E-state index contributed by atoms with van der Waals surface area (Å²) >= 11 is 0. The second kappa shape index (κ2) is 20.6. The maximum Gasteiger partial charge on any atom is 0.131 e. The summed E-state index contributed by atoms with van der Waals surface area (Å²) in [6.45, 7) is 0. The summed E-state index contributed by atoms with van der Waals surface area (Å²) in [7, 11) is 0. The molecule has 6 atom stereocenters. The Morgan fingerprint density at radius 3 is 1.82 bits per heavy atom. The van der Waals surface area contributed by atoms with Crippen molar-refractivity contribution in [2.24, 2.45) is 4.99 Å². The smallest absolute Gasteiger partial charge is 0.131 e. The molecule has 4 aliphatic rings. The Labute approximate surface area is 466 Å². The molecule has 8 heteroatoms. The highest BCUT2D eigenvalue weighted by Crippen LogP contribution is 2.47. The van der Waals surface area contributed by atoms with Crippen LogP contribution in [0.15, 0.2) is 271 Å². The second-order valence-corrected chi connectivity index (χ2v) is 21.5. The molecule has 80 heavy (non-hydrogen) atoms. The van der Waals surface area contributed by atoms with Gasteiger partial charge in [-0.05, 0) is 113 Å². The predicted octanol–water partition coefficient (Wildman–Crippen LogP) is 15.6. The third-order valence-corrected chi connectivity index (χ3v) is 16.7. The van der Waals surface area contributed by atoms with Gasteiger partial charge in [0.1, 0.15) is 18.2 Å². The molecule has 2 aliphatic heterocycles. The predicted molar refractivity (Wildman–Crippen MR) is 329 cm³/mol. The summed E-state index contributed by atoms with van der Waals surface area (Å²) in [6.07, 6.45) is 17.4. The van der Waals surface area contributed by atoms with Crippen molar-refractivity contribution < 1.29 is 0 Å². The number of nitrogens with one attached hydrogen (secondary N) is 5. The minimum absolute atomic E-state index is 0.168. The summed E-state index contributed by atoms with van der Waals surface area (Å²) < 4.78 is 5.10. The Morgan fingerprint density at radius 1 is 0.438 bits per heavy atom. The van der Waals surface area contributed by atoms with Crippen LogP contribution >= 0.6 is 0 Å². The minimum Gasteiger partial charge on any atom is -0.350 e. The third-order valence-electron chi connectivity index (χ3n) is 16.7. The Morgan fingerprint density at radius 2 is 1.09 bits per heavy atom. The van der Waals surface area contributed by atoms with Gasteiger partial charge in [-0.15, -0.1) is 0 Å². The average molecular weight is 1040 g/mol. The number of fused-ring (bicyclic) bond motifs is 7. The van der Waals surface area contributed by atoms with E-state index in [0.717, 1.165) is 69.8 Å². The molecule has 1 saturated heterocycles. The summed E-state index contributed by atoms with van der Waals surface area (Å²) in [6, 6.07) is 79.7. The van der Waals surface area contributed by atoms with Crippen LogP contribution in [-0.2, 0) is 0 Å². The van der Waals surface area contributed by atoms with Gasteiger partial charge in [0.05, 0.1) is 46.3 Å². The first-order chi connectivity index (χ1) is 39.7. The Balaban J connectivity index is 1.00. The van der Waals surface area contributed by atoms with Crippen molar-refractivity contribution >= 4 is 49.4 Å². The topological polar surface area (TPSA) is 82.4 Å². The number of para-hydroxylation sites is 3. The molecule has 8 nitrogen and oxygen atoms in total. The molecule has 0 radical (unpaired) electrons. The SMILES string of the molecule is C1=CCCC(C2N=C(c3ccc(-n4c5ccccc5c5cc(C6C=CC=CC6)c6c(c7ccccc7n6-c6ccccc6)c54)c(C4NC(c5ccccc5)NC(c5cccc(-c6ccccc6)c5)N4)c3)NC(c3ccccc3)N2)=C1. The van der Waals surface area contributed by atoms with Crippen molar-refractivity contribution in [3.8, 4) is 22.5 Å². The fraction of sp³-hybridized carbons (Fsp3) is 0.125. The maximum absolute atomic E-state index is 5.57. The zero-order valence-corrected chi connectivity index (χ0v) is 44.3. The van der Waals surface area contributed by atoms with Crippen molar-refractivity contribution in [1.82, 2.24) is 35.7 Å². The standard InChI is InChI=1S/C72H60N8/c1-7-24-47(25-8-1)52-34-23-35-53(44-52)70-76-69(51-32-15-5-16-33-51)77-72(78-70)60-45-54(71-74-67(49-28-11-3-12-29-49)73-68(75-71)50-30-13-4-14-31-50)42-43-63(60)80-61-40-21-19-38-56(61)59-46-58(48-26-9-2-10-27-48)65-64(66(59)80)57-39-20-22-41-62(57)79(65)55-36-17-6-18-37-55/h1-13,15-26,28-30,32-46,48,67-70,72-73,76-78H,14,27,31H2,(H,74,75). The lowest BCUT2D eigenvalue weighted by Gasteiger charge is -2.40. The van der Waals surface area contributed by atoms with Gasteiger partial charge < -0.3 is 14.5 Å². The molecule has 2 aliphatic carbocycles. The Bertz CT molecular complexity index is 4280. The maximum atomic E-state index is 5.57. The van der Waals surface area contributed by atoms with Crippen LogP contribution in [0, 0.1) is 0 Å². The molecule has 5 N–H and O–H groups in total. The monoisotopic (exact) mass is 1040 g/mol. The Kier molecular flexibility index (Phi) is 12.4. The molecule has 9 aromatic carbocycles. The van der Waals surface area contributed by atoms with Gasteiger partial charge in [-0.1, -0.05) is 206 Å². The van der Waals surface area contributed by atoms with E-state index in [1.54, 1.807) is 0 Å². The molecule has 1 fully saturated rings. The van der Waals surface area contributed by atoms with Gasteiger partial charge in [-0.3, -0.25) is 21.3 Å². The lowest BCUT2D eigenvalue weighted by Crippen LogP contribution is -2.54. The molecular formula is C72H60N8. The van der Waals surface area contributed by atoms with Crippen LogP contribution in [0.1, 0.15) is 83.2 Å². The summed E-state index contributed by atoms with van der Waals surface area (Å²) in [5, 5.41) is 25.1. The van der Waals surface area contributed by atoms with E-state index in [2.05, 4.69) is 297 Å². The average Bonchev–Trinajstić information content (AvgIpc) is 4.24. The van der Waals surface area contributed by atoms with Crippen LogP contribution in [-0.4, -0.2) is 21.1 Å². The largest absolute Gasteiger partial charge is 0.350 e. The molecule has 2 aromatic heterocycles. The number of rotatable bonds is 10. The molecular weight excluding hydrogens is 977 g/mol. The zero-order chi connectivity index (χ0) is 52.9. The van der Waals surface area contributed by atoms with Crippen molar-refractivity contribution in [1.29, 1.82) is 0 Å². The number of aliphatic imine (C=N–C) groups is 1. The normalized spacial score (nSPS) is 21.0. The molecule has 0 amide bonds. The number of amidine groups is 1. The first kappa shape index (κ1) is 48.0. The highest BCUT2D eigenvalue weighted by molar-refractivity contribution is 6.27. The number of aromatic nitrogens is 2. The van der Waals surface area contributed by atoms with Crippen LogP contribution in [0.2, 0.25) is 0 Å².